The second kappa shape index (κ2) is 6.54. The summed E-state index contributed by atoms with van der Waals surface area (Å²) >= 11 is 0. The van der Waals surface area contributed by atoms with E-state index in [2.05, 4.69) is 0 Å². The number of hydrogen-bond acceptors (Lipinski definition) is 5. The minimum absolute atomic E-state index is 0.0457. The van der Waals surface area contributed by atoms with E-state index in [-0.39, 0.29) is 23.7 Å². The van der Waals surface area contributed by atoms with Gasteiger partial charge in [-0.2, -0.15) is 4.31 Å². The van der Waals surface area contributed by atoms with Crippen LogP contribution in [0.1, 0.15) is 5.56 Å². The maximum atomic E-state index is 13.1. The van der Waals surface area contributed by atoms with Gasteiger partial charge in [0.15, 0.2) is 11.5 Å². The molecule has 0 unspecified atom stereocenters. The van der Waals surface area contributed by atoms with Crippen molar-refractivity contribution in [1.82, 2.24) is 4.31 Å². The summed E-state index contributed by atoms with van der Waals surface area (Å²) in [6, 6.07) is 14.2. The standard InChI is InChI=1S/C19H20N2O5S/c20-18(22)19(11-14-5-2-1-3-6-14)12-21(13-19)27(23,24)16-8-4-7-15-17(16)26-10-9-25-15/h1-8H,9-13H2,(H2,20,22). The molecular formula is C19H20N2O5S. The van der Waals surface area contributed by atoms with E-state index in [0.29, 0.717) is 25.4 Å². The topological polar surface area (TPSA) is 98.9 Å². The van der Waals surface area contributed by atoms with Crippen molar-refractivity contribution in [3.05, 3.63) is 54.1 Å². The van der Waals surface area contributed by atoms with Gasteiger partial charge < -0.3 is 15.2 Å². The molecule has 142 valence electrons. The van der Waals surface area contributed by atoms with Gasteiger partial charge in [0.2, 0.25) is 15.9 Å². The van der Waals surface area contributed by atoms with E-state index in [9.17, 15) is 13.2 Å². The molecule has 1 amide bonds. The van der Waals surface area contributed by atoms with Crippen LogP contribution in [0, 0.1) is 5.41 Å². The van der Waals surface area contributed by atoms with Gasteiger partial charge in [-0.05, 0) is 24.1 Å². The Morgan fingerprint density at radius 2 is 1.74 bits per heavy atom. The predicted octanol–water partition coefficient (Wildman–Crippen LogP) is 1.18. The van der Waals surface area contributed by atoms with Crippen LogP contribution in [0.2, 0.25) is 0 Å². The molecule has 0 aromatic heterocycles. The van der Waals surface area contributed by atoms with Crippen LogP contribution >= 0.6 is 0 Å². The van der Waals surface area contributed by atoms with Crippen molar-refractivity contribution in [1.29, 1.82) is 0 Å². The van der Waals surface area contributed by atoms with E-state index in [1.165, 1.54) is 10.4 Å². The van der Waals surface area contributed by atoms with Crippen molar-refractivity contribution in [3.8, 4) is 11.5 Å². The summed E-state index contributed by atoms with van der Waals surface area (Å²) in [5, 5.41) is 0. The Bertz CT molecular complexity index is 969. The van der Waals surface area contributed by atoms with Crippen LogP contribution in [0.5, 0.6) is 11.5 Å². The molecule has 2 N–H and O–H groups in total. The number of benzene rings is 2. The van der Waals surface area contributed by atoms with E-state index in [0.717, 1.165) is 5.56 Å². The highest BCUT2D eigenvalue weighted by atomic mass is 32.2. The number of hydrogen-bond donors (Lipinski definition) is 1. The van der Waals surface area contributed by atoms with Crippen LogP contribution in [0.4, 0.5) is 0 Å². The Kier molecular flexibility index (Phi) is 4.32. The van der Waals surface area contributed by atoms with Crippen molar-refractivity contribution >= 4 is 15.9 Å². The molecule has 1 saturated heterocycles. The summed E-state index contributed by atoms with van der Waals surface area (Å²) in [7, 11) is -3.82. The van der Waals surface area contributed by atoms with Crippen molar-refractivity contribution in [2.75, 3.05) is 26.3 Å². The third kappa shape index (κ3) is 3.04. The molecule has 2 aromatic carbocycles. The lowest BCUT2D eigenvalue weighted by atomic mass is 9.75. The van der Waals surface area contributed by atoms with Crippen LogP contribution in [0.15, 0.2) is 53.4 Å². The maximum absolute atomic E-state index is 13.1. The number of carbonyl (C=O) groups is 1. The monoisotopic (exact) mass is 388 g/mol. The highest BCUT2D eigenvalue weighted by Crippen LogP contribution is 2.42. The fourth-order valence-electron chi connectivity index (χ4n) is 3.53. The summed E-state index contributed by atoms with van der Waals surface area (Å²) < 4.78 is 38.4. The second-order valence-electron chi connectivity index (χ2n) is 6.86. The summed E-state index contributed by atoms with van der Waals surface area (Å²) in [5.74, 6) is 0.143. The fourth-order valence-corrected chi connectivity index (χ4v) is 5.29. The zero-order valence-electron chi connectivity index (χ0n) is 14.6. The molecular weight excluding hydrogens is 368 g/mol. The second-order valence-corrected chi connectivity index (χ2v) is 8.77. The predicted molar refractivity (Wildman–Crippen MR) is 98.0 cm³/mol. The highest BCUT2D eigenvalue weighted by molar-refractivity contribution is 7.89. The van der Waals surface area contributed by atoms with Crippen LogP contribution in [-0.2, 0) is 21.2 Å². The molecule has 0 radical (unpaired) electrons. The van der Waals surface area contributed by atoms with Gasteiger partial charge in [-0.3, -0.25) is 4.79 Å². The Balaban J connectivity index is 1.60. The molecule has 2 aliphatic rings. The number of carbonyl (C=O) groups excluding carboxylic acids is 1. The van der Waals surface area contributed by atoms with Crippen molar-refractivity contribution < 1.29 is 22.7 Å². The molecule has 0 aliphatic carbocycles. The highest BCUT2D eigenvalue weighted by Gasteiger charge is 2.53. The lowest BCUT2D eigenvalue weighted by Gasteiger charge is -2.47. The summed E-state index contributed by atoms with van der Waals surface area (Å²) in [5.41, 5.74) is 5.67. The van der Waals surface area contributed by atoms with Gasteiger partial charge in [-0.15, -0.1) is 0 Å². The normalized spacial score (nSPS) is 18.5. The molecule has 1 fully saturated rings. The molecule has 4 rings (SSSR count). The summed E-state index contributed by atoms with van der Waals surface area (Å²) in [6.07, 6.45) is 0.404. The average molecular weight is 388 g/mol. The Morgan fingerprint density at radius 1 is 1.04 bits per heavy atom. The van der Waals surface area contributed by atoms with Crippen LogP contribution in [-0.4, -0.2) is 44.9 Å². The number of nitrogens with two attached hydrogens (primary N) is 1. The molecule has 0 saturated carbocycles. The molecule has 0 bridgehead atoms. The van der Waals surface area contributed by atoms with Gasteiger partial charge >= 0.3 is 0 Å². The van der Waals surface area contributed by atoms with Gasteiger partial charge in [0, 0.05) is 13.1 Å². The van der Waals surface area contributed by atoms with E-state index >= 15 is 0 Å². The summed E-state index contributed by atoms with van der Waals surface area (Å²) in [4.78, 5) is 12.2. The number of primary amides is 1. The minimum Gasteiger partial charge on any atom is -0.486 e. The lowest BCUT2D eigenvalue weighted by Crippen LogP contribution is -2.64. The number of sulfonamides is 1. The number of fused-ring (bicyclic) bond motifs is 1. The van der Waals surface area contributed by atoms with E-state index < -0.39 is 21.3 Å². The van der Waals surface area contributed by atoms with E-state index in [1.807, 2.05) is 30.3 Å². The van der Waals surface area contributed by atoms with E-state index in [4.69, 9.17) is 15.2 Å². The minimum atomic E-state index is -3.82. The average Bonchev–Trinajstić information content (AvgIpc) is 2.64. The number of nitrogens with zero attached hydrogens (tertiary/aromatic N) is 1. The van der Waals surface area contributed by atoms with Crippen molar-refractivity contribution in [2.45, 2.75) is 11.3 Å². The molecule has 7 nitrogen and oxygen atoms in total. The Morgan fingerprint density at radius 3 is 2.44 bits per heavy atom. The third-order valence-electron chi connectivity index (χ3n) is 5.01. The van der Waals surface area contributed by atoms with Crippen molar-refractivity contribution in [3.63, 3.8) is 0 Å². The number of amides is 1. The largest absolute Gasteiger partial charge is 0.486 e. The first-order valence-corrected chi connectivity index (χ1v) is 10.1. The van der Waals surface area contributed by atoms with Crippen LogP contribution in [0.3, 0.4) is 0 Å². The van der Waals surface area contributed by atoms with Crippen LogP contribution < -0.4 is 15.2 Å². The Labute approximate surface area is 157 Å². The number of para-hydroxylation sites is 1. The lowest BCUT2D eigenvalue weighted by molar-refractivity contribution is -0.134. The molecule has 8 heteroatoms. The third-order valence-corrected chi connectivity index (χ3v) is 6.83. The zero-order valence-corrected chi connectivity index (χ0v) is 15.4. The smallest absolute Gasteiger partial charge is 0.246 e. The molecule has 2 aromatic rings. The first-order valence-electron chi connectivity index (χ1n) is 8.65. The van der Waals surface area contributed by atoms with Crippen LogP contribution in [0.25, 0.3) is 0 Å². The van der Waals surface area contributed by atoms with Gasteiger partial charge in [0.25, 0.3) is 0 Å². The van der Waals surface area contributed by atoms with Gasteiger partial charge in [0.05, 0.1) is 5.41 Å². The van der Waals surface area contributed by atoms with Gasteiger partial charge in [-0.1, -0.05) is 36.4 Å². The van der Waals surface area contributed by atoms with Gasteiger partial charge in [0.1, 0.15) is 18.1 Å². The molecule has 0 atom stereocenters. The molecule has 0 spiro atoms. The number of rotatable bonds is 5. The molecule has 27 heavy (non-hydrogen) atoms. The fraction of sp³-hybridized carbons (Fsp3) is 0.316. The molecule has 2 aliphatic heterocycles. The van der Waals surface area contributed by atoms with Crippen molar-refractivity contribution in [2.24, 2.45) is 11.1 Å². The zero-order chi connectivity index (χ0) is 19.1. The summed E-state index contributed by atoms with van der Waals surface area (Å²) in [6.45, 7) is 0.759. The quantitative estimate of drug-likeness (QED) is 0.829. The SMILES string of the molecule is NC(=O)C1(Cc2ccccc2)CN(S(=O)(=O)c2cccc3c2OCCO3)C1. The Hall–Kier alpha value is -2.58. The molecule has 2 heterocycles. The first-order chi connectivity index (χ1) is 12.9. The van der Waals surface area contributed by atoms with Gasteiger partial charge in [-0.25, -0.2) is 8.42 Å². The maximum Gasteiger partial charge on any atom is 0.246 e. The first kappa shape index (κ1) is 17.8. The van der Waals surface area contributed by atoms with E-state index in [1.54, 1.807) is 12.1 Å². The number of ether oxygens (including phenoxy) is 2.